The Kier molecular flexibility index (Phi) is 5.20. The van der Waals surface area contributed by atoms with Gasteiger partial charge in [-0.3, -0.25) is 14.0 Å². The summed E-state index contributed by atoms with van der Waals surface area (Å²) in [7, 11) is 2.82. The van der Waals surface area contributed by atoms with E-state index in [9.17, 15) is 18.0 Å². The topological polar surface area (TPSA) is 46.8 Å². The first-order valence-electron chi connectivity index (χ1n) is 6.79. The van der Waals surface area contributed by atoms with E-state index in [-0.39, 0.29) is 12.3 Å². The third-order valence-electron chi connectivity index (χ3n) is 3.19. The van der Waals surface area contributed by atoms with E-state index in [1.165, 1.54) is 36.4 Å². The van der Waals surface area contributed by atoms with Crippen LogP contribution in [0.3, 0.4) is 0 Å². The Morgan fingerprint density at radius 3 is 2.70 bits per heavy atom. The molecule has 0 bridgehead atoms. The lowest BCUT2D eigenvalue weighted by Crippen LogP contribution is -2.27. The Morgan fingerprint density at radius 1 is 1.43 bits per heavy atom. The van der Waals surface area contributed by atoms with Gasteiger partial charge in [0.1, 0.15) is 10.7 Å². The van der Waals surface area contributed by atoms with Crippen molar-refractivity contribution in [2.45, 2.75) is 24.5 Å². The summed E-state index contributed by atoms with van der Waals surface area (Å²) in [6, 6.07) is 2.28. The standard InChI is InChI=1S/C14H16F3N3O2S/c1-4-23-13-10(7-12(21)19(2)22-3)18-11-6-5-9(8-20(11)13)14(15,16)17/h5-6,8H,4,7H2,1-3H3. The second-order valence-corrected chi connectivity index (χ2v) is 5.94. The van der Waals surface area contributed by atoms with Gasteiger partial charge in [0.2, 0.25) is 0 Å². The van der Waals surface area contributed by atoms with Crippen LogP contribution in [-0.2, 0) is 22.2 Å². The number of hydrogen-bond donors (Lipinski definition) is 0. The Bertz CT molecular complexity index is 715. The molecule has 0 fully saturated rings. The van der Waals surface area contributed by atoms with Gasteiger partial charge in [0, 0.05) is 13.2 Å². The monoisotopic (exact) mass is 347 g/mol. The summed E-state index contributed by atoms with van der Waals surface area (Å²) in [6.07, 6.45) is -3.47. The Labute approximate surface area is 135 Å². The lowest BCUT2D eigenvalue weighted by atomic mass is 10.3. The van der Waals surface area contributed by atoms with Crippen molar-refractivity contribution in [3.05, 3.63) is 29.6 Å². The lowest BCUT2D eigenvalue weighted by molar-refractivity contribution is -0.167. The van der Waals surface area contributed by atoms with Crippen molar-refractivity contribution in [2.24, 2.45) is 0 Å². The highest BCUT2D eigenvalue weighted by Crippen LogP contribution is 2.32. The van der Waals surface area contributed by atoms with Gasteiger partial charge in [0.25, 0.3) is 5.91 Å². The quantitative estimate of drug-likeness (QED) is 0.616. The number of hydrogen-bond acceptors (Lipinski definition) is 4. The van der Waals surface area contributed by atoms with Gasteiger partial charge < -0.3 is 0 Å². The number of amides is 1. The maximum atomic E-state index is 12.9. The number of thioether (sulfide) groups is 1. The molecule has 0 saturated carbocycles. The fourth-order valence-electron chi connectivity index (χ4n) is 2.00. The maximum absolute atomic E-state index is 12.9. The van der Waals surface area contributed by atoms with Crippen molar-refractivity contribution in [1.29, 1.82) is 0 Å². The maximum Gasteiger partial charge on any atom is 0.417 e. The second-order valence-electron chi connectivity index (χ2n) is 4.69. The molecule has 2 aromatic heterocycles. The molecule has 0 spiro atoms. The number of halogens is 3. The number of nitrogens with zero attached hydrogens (tertiary/aromatic N) is 3. The van der Waals surface area contributed by atoms with Gasteiger partial charge in [-0.15, -0.1) is 11.8 Å². The number of hydroxylamine groups is 2. The number of imidazole rings is 1. The van der Waals surface area contributed by atoms with Gasteiger partial charge in [0.05, 0.1) is 24.8 Å². The number of carbonyl (C=O) groups is 1. The molecular weight excluding hydrogens is 331 g/mol. The number of likely N-dealkylation sites (N-methyl/N-ethyl adjacent to an activating group) is 1. The molecule has 0 aromatic carbocycles. The summed E-state index contributed by atoms with van der Waals surface area (Å²) < 4.78 is 40.0. The number of aromatic nitrogens is 2. The lowest BCUT2D eigenvalue weighted by Gasteiger charge is -2.13. The SMILES string of the molecule is CCSc1c(CC(=O)N(C)OC)nc2ccc(C(F)(F)F)cn12. The van der Waals surface area contributed by atoms with Crippen molar-refractivity contribution in [2.75, 3.05) is 19.9 Å². The Balaban J connectivity index is 2.49. The van der Waals surface area contributed by atoms with E-state index in [0.29, 0.717) is 22.1 Å². The van der Waals surface area contributed by atoms with Crippen LogP contribution in [-0.4, -0.2) is 40.3 Å². The summed E-state index contributed by atoms with van der Waals surface area (Å²) in [5.41, 5.74) is 0.0501. The summed E-state index contributed by atoms with van der Waals surface area (Å²) in [5.74, 6) is 0.315. The van der Waals surface area contributed by atoms with Crippen molar-refractivity contribution < 1.29 is 22.8 Å². The molecule has 0 radical (unpaired) electrons. The molecule has 0 aliphatic rings. The molecule has 23 heavy (non-hydrogen) atoms. The molecule has 5 nitrogen and oxygen atoms in total. The van der Waals surface area contributed by atoms with Crippen LogP contribution >= 0.6 is 11.8 Å². The normalized spacial score (nSPS) is 11.9. The predicted molar refractivity (Wildman–Crippen MR) is 80.1 cm³/mol. The van der Waals surface area contributed by atoms with E-state index in [0.717, 1.165) is 17.3 Å². The van der Waals surface area contributed by atoms with Gasteiger partial charge in [-0.1, -0.05) is 6.92 Å². The molecule has 126 valence electrons. The zero-order valence-corrected chi connectivity index (χ0v) is 13.7. The third kappa shape index (κ3) is 3.78. The largest absolute Gasteiger partial charge is 0.417 e. The molecule has 2 rings (SSSR count). The smallest absolute Gasteiger partial charge is 0.294 e. The van der Waals surface area contributed by atoms with Crippen LogP contribution in [0.4, 0.5) is 13.2 Å². The van der Waals surface area contributed by atoms with Crippen LogP contribution in [0.2, 0.25) is 0 Å². The van der Waals surface area contributed by atoms with Gasteiger partial charge in [0.15, 0.2) is 0 Å². The molecule has 0 atom stereocenters. The number of rotatable bonds is 5. The first-order chi connectivity index (χ1) is 10.8. The molecule has 2 aromatic rings. The summed E-state index contributed by atoms with van der Waals surface area (Å²) in [6.45, 7) is 1.88. The van der Waals surface area contributed by atoms with E-state index in [1.54, 1.807) is 0 Å². The van der Waals surface area contributed by atoms with Crippen molar-refractivity contribution >= 4 is 23.3 Å². The zero-order valence-electron chi connectivity index (χ0n) is 12.8. The van der Waals surface area contributed by atoms with E-state index in [1.807, 2.05) is 6.92 Å². The fraction of sp³-hybridized carbons (Fsp3) is 0.429. The van der Waals surface area contributed by atoms with E-state index in [2.05, 4.69) is 4.98 Å². The molecule has 0 aliphatic heterocycles. The van der Waals surface area contributed by atoms with Crippen LogP contribution in [0.15, 0.2) is 23.4 Å². The minimum absolute atomic E-state index is 0.0459. The first-order valence-corrected chi connectivity index (χ1v) is 7.78. The first kappa shape index (κ1) is 17.6. The molecule has 0 aliphatic carbocycles. The number of fused-ring (bicyclic) bond motifs is 1. The highest BCUT2D eigenvalue weighted by Gasteiger charge is 2.31. The minimum Gasteiger partial charge on any atom is -0.294 e. The summed E-state index contributed by atoms with van der Waals surface area (Å²) >= 11 is 1.34. The van der Waals surface area contributed by atoms with Gasteiger partial charge in [-0.05, 0) is 17.9 Å². The van der Waals surface area contributed by atoms with Crippen LogP contribution in [0, 0.1) is 0 Å². The number of pyridine rings is 1. The van der Waals surface area contributed by atoms with E-state index in [4.69, 9.17) is 4.84 Å². The highest BCUT2D eigenvalue weighted by molar-refractivity contribution is 7.99. The van der Waals surface area contributed by atoms with Crippen molar-refractivity contribution in [3.63, 3.8) is 0 Å². The highest BCUT2D eigenvalue weighted by atomic mass is 32.2. The molecule has 9 heteroatoms. The van der Waals surface area contributed by atoms with Gasteiger partial charge >= 0.3 is 6.18 Å². The minimum atomic E-state index is -4.43. The predicted octanol–water partition coefficient (Wildman–Crippen LogP) is 3.03. The average molecular weight is 347 g/mol. The number of carbonyl (C=O) groups excluding carboxylic acids is 1. The average Bonchev–Trinajstić information content (AvgIpc) is 2.83. The van der Waals surface area contributed by atoms with Crippen LogP contribution in [0.25, 0.3) is 5.65 Å². The van der Waals surface area contributed by atoms with Crippen LogP contribution < -0.4 is 0 Å². The third-order valence-corrected chi connectivity index (χ3v) is 4.19. The summed E-state index contributed by atoms with van der Waals surface area (Å²) in [4.78, 5) is 21.1. The van der Waals surface area contributed by atoms with Crippen LogP contribution in [0.1, 0.15) is 18.2 Å². The Hall–Kier alpha value is -1.74. The van der Waals surface area contributed by atoms with Gasteiger partial charge in [-0.25, -0.2) is 10.0 Å². The zero-order chi connectivity index (χ0) is 17.2. The Morgan fingerprint density at radius 2 is 2.13 bits per heavy atom. The second kappa shape index (κ2) is 6.79. The van der Waals surface area contributed by atoms with Gasteiger partial charge in [-0.2, -0.15) is 13.2 Å². The number of alkyl halides is 3. The van der Waals surface area contributed by atoms with Crippen molar-refractivity contribution in [3.8, 4) is 0 Å². The fourth-order valence-corrected chi connectivity index (χ4v) is 2.84. The molecule has 0 unspecified atom stereocenters. The van der Waals surface area contributed by atoms with Crippen LogP contribution in [0.5, 0.6) is 0 Å². The molecule has 2 heterocycles. The van der Waals surface area contributed by atoms with Crippen molar-refractivity contribution in [1.82, 2.24) is 14.4 Å². The van der Waals surface area contributed by atoms with E-state index >= 15 is 0 Å². The molecule has 1 amide bonds. The molecule has 0 N–H and O–H groups in total. The van der Waals surface area contributed by atoms with E-state index < -0.39 is 11.7 Å². The summed E-state index contributed by atoms with van der Waals surface area (Å²) in [5, 5.41) is 1.59. The molecular formula is C14H16F3N3O2S. The molecule has 0 saturated heterocycles.